The molecule has 3 nitrogen and oxygen atoms in total. The van der Waals surface area contributed by atoms with Crippen LogP contribution in [0.3, 0.4) is 0 Å². The Morgan fingerprint density at radius 2 is 2.28 bits per heavy atom. The third-order valence-electron chi connectivity index (χ3n) is 2.85. The molecule has 100 valence electrons. The van der Waals surface area contributed by atoms with Gasteiger partial charge in [0.05, 0.1) is 5.56 Å². The number of alkyl halides is 1. The summed E-state index contributed by atoms with van der Waals surface area (Å²) in [5.74, 6) is 0.761. The van der Waals surface area contributed by atoms with Crippen LogP contribution in [0.1, 0.15) is 30.1 Å². The van der Waals surface area contributed by atoms with E-state index in [2.05, 4.69) is 34.8 Å². The molecule has 1 unspecified atom stereocenters. The van der Waals surface area contributed by atoms with Gasteiger partial charge in [0.15, 0.2) is 0 Å². The molecule has 5 heteroatoms. The zero-order valence-electron chi connectivity index (χ0n) is 10.2. The number of carbonyl (C=O) groups excluding carboxylic acids is 1. The van der Waals surface area contributed by atoms with Crippen molar-refractivity contribution in [2.75, 3.05) is 12.4 Å². The molecule has 1 amide bonds. The summed E-state index contributed by atoms with van der Waals surface area (Å²) in [5, 5.41) is 12.5. The van der Waals surface area contributed by atoms with Gasteiger partial charge in [0.2, 0.25) is 0 Å². The Balaban J connectivity index is 2.62. The molecular formula is C13H17ClINO2. The number of rotatable bonds is 6. The number of halogens is 2. The fraction of sp³-hybridized carbons (Fsp3) is 0.462. The summed E-state index contributed by atoms with van der Waals surface area (Å²) in [7, 11) is 0. The highest BCUT2D eigenvalue weighted by atomic mass is 127. The third kappa shape index (κ3) is 4.65. The minimum Gasteiger partial charge on any atom is -0.507 e. The van der Waals surface area contributed by atoms with Crippen LogP contribution >= 0.6 is 34.2 Å². The van der Waals surface area contributed by atoms with E-state index in [1.165, 1.54) is 6.07 Å². The number of phenolic OH excluding ortho intramolecular Hbond substituents is 1. The van der Waals surface area contributed by atoms with Crippen molar-refractivity contribution < 1.29 is 9.90 Å². The zero-order chi connectivity index (χ0) is 13.5. The van der Waals surface area contributed by atoms with Gasteiger partial charge in [-0.3, -0.25) is 4.79 Å². The van der Waals surface area contributed by atoms with Gasteiger partial charge in [-0.05, 0) is 53.1 Å². The van der Waals surface area contributed by atoms with Crippen molar-refractivity contribution in [2.24, 2.45) is 5.92 Å². The van der Waals surface area contributed by atoms with Crippen molar-refractivity contribution in [2.45, 2.75) is 19.8 Å². The van der Waals surface area contributed by atoms with Crippen LogP contribution in [0.4, 0.5) is 0 Å². The van der Waals surface area contributed by atoms with Crippen molar-refractivity contribution in [3.8, 4) is 5.75 Å². The minimum absolute atomic E-state index is 0.0123. The second-order valence-corrected chi connectivity index (χ2v) is 5.75. The van der Waals surface area contributed by atoms with E-state index in [9.17, 15) is 9.90 Å². The normalized spacial score (nSPS) is 12.2. The second kappa shape index (κ2) is 7.84. The predicted octanol–water partition coefficient (Wildman–Crippen LogP) is 3.38. The summed E-state index contributed by atoms with van der Waals surface area (Å²) in [5.41, 5.74) is 0.322. The monoisotopic (exact) mass is 381 g/mol. The molecule has 1 aromatic rings. The molecule has 2 N–H and O–H groups in total. The Morgan fingerprint density at radius 3 is 2.89 bits per heavy atom. The molecule has 0 aliphatic rings. The fourth-order valence-corrected chi connectivity index (χ4v) is 2.43. The molecule has 0 fully saturated rings. The van der Waals surface area contributed by atoms with Crippen LogP contribution in [0, 0.1) is 9.49 Å². The largest absolute Gasteiger partial charge is 0.507 e. The van der Waals surface area contributed by atoms with Crippen LogP contribution in [-0.2, 0) is 0 Å². The molecule has 1 rings (SSSR count). The van der Waals surface area contributed by atoms with Gasteiger partial charge in [-0.2, -0.15) is 0 Å². The Morgan fingerprint density at radius 1 is 1.56 bits per heavy atom. The van der Waals surface area contributed by atoms with E-state index in [1.54, 1.807) is 12.1 Å². The first-order chi connectivity index (χ1) is 8.58. The van der Waals surface area contributed by atoms with Gasteiger partial charge < -0.3 is 10.4 Å². The molecule has 0 aromatic heterocycles. The molecule has 0 aliphatic heterocycles. The highest BCUT2D eigenvalue weighted by molar-refractivity contribution is 14.1. The highest BCUT2D eigenvalue weighted by Crippen LogP contribution is 2.19. The summed E-state index contributed by atoms with van der Waals surface area (Å²) in [6.45, 7) is 2.67. The molecule has 18 heavy (non-hydrogen) atoms. The maximum atomic E-state index is 11.9. The van der Waals surface area contributed by atoms with Crippen LogP contribution in [-0.4, -0.2) is 23.4 Å². The predicted molar refractivity (Wildman–Crippen MR) is 82.3 cm³/mol. The van der Waals surface area contributed by atoms with Crippen LogP contribution in [0.15, 0.2) is 18.2 Å². The molecule has 1 atom stereocenters. The Hall–Kier alpha value is -0.490. The first kappa shape index (κ1) is 15.6. The summed E-state index contributed by atoms with van der Waals surface area (Å²) >= 11 is 7.81. The summed E-state index contributed by atoms with van der Waals surface area (Å²) in [6, 6.07) is 4.97. The quantitative estimate of drug-likeness (QED) is 0.586. The Bertz CT molecular complexity index is 412. The molecule has 0 spiro atoms. The number of hydrogen-bond acceptors (Lipinski definition) is 2. The molecule has 0 bridgehead atoms. The molecule has 0 saturated heterocycles. The third-order valence-corrected chi connectivity index (χ3v) is 3.74. The maximum absolute atomic E-state index is 11.9. The molecular weight excluding hydrogens is 365 g/mol. The van der Waals surface area contributed by atoms with E-state index >= 15 is 0 Å². The number of phenols is 1. The van der Waals surface area contributed by atoms with E-state index in [1.807, 2.05) is 0 Å². The summed E-state index contributed by atoms with van der Waals surface area (Å²) in [6.07, 6.45) is 1.86. The lowest BCUT2D eigenvalue weighted by Gasteiger charge is -2.14. The molecule has 0 aliphatic carbocycles. The molecule has 0 saturated carbocycles. The van der Waals surface area contributed by atoms with E-state index in [4.69, 9.17) is 11.6 Å². The summed E-state index contributed by atoms with van der Waals surface area (Å²) in [4.78, 5) is 11.9. The van der Waals surface area contributed by atoms with E-state index in [0.29, 0.717) is 23.9 Å². The SMILES string of the molecule is CCC(CCCl)CNC(=O)c1cc(I)ccc1O. The topological polar surface area (TPSA) is 49.3 Å². The van der Waals surface area contributed by atoms with Gasteiger partial charge in [-0.15, -0.1) is 11.6 Å². The molecule has 1 aromatic carbocycles. The maximum Gasteiger partial charge on any atom is 0.255 e. The Labute approximate surface area is 126 Å². The number of hydrogen-bond donors (Lipinski definition) is 2. The van der Waals surface area contributed by atoms with Crippen LogP contribution in [0.5, 0.6) is 5.75 Å². The second-order valence-electron chi connectivity index (χ2n) is 4.12. The van der Waals surface area contributed by atoms with E-state index in [0.717, 1.165) is 16.4 Å². The fourth-order valence-electron chi connectivity index (χ4n) is 1.63. The Kier molecular flexibility index (Phi) is 6.78. The van der Waals surface area contributed by atoms with Crippen LogP contribution < -0.4 is 5.32 Å². The standard InChI is InChI=1S/C13H17ClINO2/c1-2-9(5-6-14)8-16-13(18)11-7-10(15)3-4-12(11)17/h3-4,7,9,17H,2,5-6,8H2,1H3,(H,16,18). The number of amides is 1. The number of nitrogens with one attached hydrogen (secondary N) is 1. The van der Waals surface area contributed by atoms with E-state index < -0.39 is 0 Å². The lowest BCUT2D eigenvalue weighted by atomic mass is 10.0. The van der Waals surface area contributed by atoms with Gasteiger partial charge in [-0.1, -0.05) is 13.3 Å². The lowest BCUT2D eigenvalue weighted by Crippen LogP contribution is -2.29. The smallest absolute Gasteiger partial charge is 0.255 e. The van der Waals surface area contributed by atoms with Gasteiger partial charge in [0.1, 0.15) is 5.75 Å². The average molecular weight is 382 g/mol. The van der Waals surface area contributed by atoms with Crippen LogP contribution in [0.25, 0.3) is 0 Å². The molecule has 0 radical (unpaired) electrons. The van der Waals surface area contributed by atoms with Gasteiger partial charge >= 0.3 is 0 Å². The lowest BCUT2D eigenvalue weighted by molar-refractivity contribution is 0.0943. The average Bonchev–Trinajstić information content (AvgIpc) is 2.37. The van der Waals surface area contributed by atoms with E-state index in [-0.39, 0.29) is 11.7 Å². The van der Waals surface area contributed by atoms with Crippen LogP contribution in [0.2, 0.25) is 0 Å². The number of carbonyl (C=O) groups is 1. The van der Waals surface area contributed by atoms with Gasteiger partial charge in [-0.25, -0.2) is 0 Å². The number of aromatic hydroxyl groups is 1. The van der Waals surface area contributed by atoms with Crippen molar-refractivity contribution in [1.82, 2.24) is 5.32 Å². The first-order valence-corrected chi connectivity index (χ1v) is 7.52. The summed E-state index contributed by atoms with van der Waals surface area (Å²) < 4.78 is 0.920. The minimum atomic E-state index is -0.237. The van der Waals surface area contributed by atoms with Crippen molar-refractivity contribution in [3.05, 3.63) is 27.3 Å². The number of benzene rings is 1. The van der Waals surface area contributed by atoms with Gasteiger partial charge in [0.25, 0.3) is 5.91 Å². The van der Waals surface area contributed by atoms with Crippen molar-refractivity contribution in [3.63, 3.8) is 0 Å². The van der Waals surface area contributed by atoms with Crippen molar-refractivity contribution in [1.29, 1.82) is 0 Å². The molecule has 0 heterocycles. The van der Waals surface area contributed by atoms with Crippen molar-refractivity contribution >= 4 is 40.1 Å². The zero-order valence-corrected chi connectivity index (χ0v) is 13.2. The first-order valence-electron chi connectivity index (χ1n) is 5.91. The van der Waals surface area contributed by atoms with Gasteiger partial charge in [0, 0.05) is 16.0 Å². The highest BCUT2D eigenvalue weighted by Gasteiger charge is 2.13.